The first kappa shape index (κ1) is 15.7. The zero-order valence-corrected chi connectivity index (χ0v) is 14.2. The molecule has 1 aliphatic rings. The molecule has 1 atom stereocenters. The van der Waals surface area contributed by atoms with Crippen molar-refractivity contribution in [3.63, 3.8) is 0 Å². The Morgan fingerprint density at radius 1 is 1.00 bits per heavy atom. The summed E-state index contributed by atoms with van der Waals surface area (Å²) in [4.78, 5) is 4.80. The molecule has 3 rings (SSSR count). The van der Waals surface area contributed by atoms with E-state index in [1.807, 2.05) is 6.07 Å². The highest BCUT2D eigenvalue weighted by molar-refractivity contribution is 5.91. The van der Waals surface area contributed by atoms with Gasteiger partial charge in [-0.1, -0.05) is 12.2 Å². The van der Waals surface area contributed by atoms with E-state index in [1.54, 1.807) is 21.3 Å². The van der Waals surface area contributed by atoms with Crippen LogP contribution in [-0.2, 0) is 0 Å². The number of hydrogen-bond acceptors (Lipinski definition) is 4. The molecule has 0 aliphatic heterocycles. The Hall–Kier alpha value is -2.23. The van der Waals surface area contributed by atoms with Gasteiger partial charge in [-0.3, -0.25) is 4.98 Å². The number of fused-ring (bicyclic) bond motifs is 1. The molecule has 4 heteroatoms. The highest BCUT2D eigenvalue weighted by atomic mass is 16.5. The largest absolute Gasteiger partial charge is 0.493 e. The summed E-state index contributed by atoms with van der Waals surface area (Å²) in [5.41, 5.74) is 3.24. The highest BCUT2D eigenvalue weighted by Gasteiger charge is 2.21. The molecule has 4 nitrogen and oxygen atoms in total. The molecule has 0 radical (unpaired) electrons. The lowest BCUT2D eigenvalue weighted by Crippen LogP contribution is -2.05. The number of allylic oxidation sites excluding steroid dienone is 2. The Morgan fingerprint density at radius 3 is 2.39 bits per heavy atom. The molecule has 2 aromatic rings. The molecular weight excluding hydrogens is 290 g/mol. The lowest BCUT2D eigenvalue weighted by atomic mass is 9.86. The van der Waals surface area contributed by atoms with Gasteiger partial charge in [0, 0.05) is 17.1 Å². The van der Waals surface area contributed by atoms with Gasteiger partial charge >= 0.3 is 0 Å². The molecule has 122 valence electrons. The van der Waals surface area contributed by atoms with Crippen molar-refractivity contribution in [2.45, 2.75) is 32.1 Å². The number of aryl methyl sites for hydroxylation is 1. The molecule has 1 aliphatic carbocycles. The van der Waals surface area contributed by atoms with Crippen molar-refractivity contribution in [1.29, 1.82) is 0 Å². The Morgan fingerprint density at radius 2 is 1.78 bits per heavy atom. The van der Waals surface area contributed by atoms with Crippen LogP contribution in [0.2, 0.25) is 0 Å². The molecule has 23 heavy (non-hydrogen) atoms. The number of ether oxygens (including phenoxy) is 3. The van der Waals surface area contributed by atoms with Crippen LogP contribution in [0.1, 0.15) is 36.4 Å². The van der Waals surface area contributed by atoms with E-state index in [0.29, 0.717) is 23.2 Å². The molecule has 1 aromatic heterocycles. The van der Waals surface area contributed by atoms with Crippen LogP contribution in [0.25, 0.3) is 10.9 Å². The van der Waals surface area contributed by atoms with Gasteiger partial charge in [-0.05, 0) is 43.7 Å². The molecule has 0 bridgehead atoms. The van der Waals surface area contributed by atoms with Crippen molar-refractivity contribution in [2.75, 3.05) is 21.3 Å². The second kappa shape index (κ2) is 6.49. The van der Waals surface area contributed by atoms with E-state index in [4.69, 9.17) is 19.2 Å². The minimum atomic E-state index is 0.523. The Bertz CT molecular complexity index is 752. The van der Waals surface area contributed by atoms with Gasteiger partial charge in [0.05, 0.1) is 26.8 Å². The van der Waals surface area contributed by atoms with Crippen LogP contribution >= 0.6 is 0 Å². The summed E-state index contributed by atoms with van der Waals surface area (Å²) in [5, 5.41) is 0.973. The van der Waals surface area contributed by atoms with E-state index < -0.39 is 0 Å². The summed E-state index contributed by atoms with van der Waals surface area (Å²) in [7, 11) is 4.90. The van der Waals surface area contributed by atoms with Crippen molar-refractivity contribution in [2.24, 2.45) is 0 Å². The molecule has 0 saturated carbocycles. The maximum Gasteiger partial charge on any atom is 0.204 e. The predicted molar refractivity (Wildman–Crippen MR) is 91.9 cm³/mol. The fourth-order valence-electron chi connectivity index (χ4n) is 3.39. The molecular formula is C19H23NO3. The monoisotopic (exact) mass is 313 g/mol. The lowest BCUT2D eigenvalue weighted by molar-refractivity contribution is 0.327. The quantitative estimate of drug-likeness (QED) is 0.785. The van der Waals surface area contributed by atoms with Crippen LogP contribution in [0.3, 0.4) is 0 Å². The van der Waals surface area contributed by atoms with E-state index in [-0.39, 0.29) is 0 Å². The Kier molecular flexibility index (Phi) is 4.42. The van der Waals surface area contributed by atoms with Crippen LogP contribution < -0.4 is 14.2 Å². The van der Waals surface area contributed by atoms with Gasteiger partial charge in [0.2, 0.25) is 5.75 Å². The normalized spacial score (nSPS) is 17.3. The van der Waals surface area contributed by atoms with Crippen molar-refractivity contribution in [3.05, 3.63) is 35.5 Å². The number of hydrogen-bond donors (Lipinski definition) is 0. The number of pyridine rings is 1. The first-order valence-electron chi connectivity index (χ1n) is 7.94. The summed E-state index contributed by atoms with van der Waals surface area (Å²) in [6.45, 7) is 2.08. The first-order chi connectivity index (χ1) is 11.2. The Labute approximate surface area is 137 Å². The van der Waals surface area contributed by atoms with Crippen LogP contribution in [-0.4, -0.2) is 26.3 Å². The highest BCUT2D eigenvalue weighted by Crippen LogP contribution is 2.44. The average molecular weight is 313 g/mol. The number of nitrogens with zero attached hydrogens (tertiary/aromatic N) is 1. The SMILES string of the molecule is COc1cc2nc(C)c(C3CC=CCC3)cc2c(OC)c1OC. The number of methoxy groups -OCH3 is 3. The zero-order chi connectivity index (χ0) is 16.4. The van der Waals surface area contributed by atoms with E-state index in [2.05, 4.69) is 25.1 Å². The first-order valence-corrected chi connectivity index (χ1v) is 7.94. The topological polar surface area (TPSA) is 40.6 Å². The fraction of sp³-hybridized carbons (Fsp3) is 0.421. The second-order valence-electron chi connectivity index (χ2n) is 5.86. The fourth-order valence-corrected chi connectivity index (χ4v) is 3.39. The lowest BCUT2D eigenvalue weighted by Gasteiger charge is -2.21. The van der Waals surface area contributed by atoms with E-state index in [9.17, 15) is 0 Å². The Balaban J connectivity index is 2.22. The van der Waals surface area contributed by atoms with Crippen LogP contribution in [0.4, 0.5) is 0 Å². The zero-order valence-electron chi connectivity index (χ0n) is 14.2. The molecule has 0 spiro atoms. The molecule has 0 saturated heterocycles. The summed E-state index contributed by atoms with van der Waals surface area (Å²) in [6, 6.07) is 4.12. The summed E-state index contributed by atoms with van der Waals surface area (Å²) >= 11 is 0. The minimum absolute atomic E-state index is 0.523. The van der Waals surface area contributed by atoms with Crippen LogP contribution in [0.5, 0.6) is 17.2 Å². The smallest absolute Gasteiger partial charge is 0.204 e. The van der Waals surface area contributed by atoms with Crippen molar-refractivity contribution >= 4 is 10.9 Å². The van der Waals surface area contributed by atoms with Gasteiger partial charge in [-0.15, -0.1) is 0 Å². The number of benzene rings is 1. The van der Waals surface area contributed by atoms with E-state index >= 15 is 0 Å². The summed E-state index contributed by atoms with van der Waals surface area (Å²) in [6.07, 6.45) is 7.90. The van der Waals surface area contributed by atoms with E-state index in [1.165, 1.54) is 12.0 Å². The maximum atomic E-state index is 5.62. The average Bonchev–Trinajstić information content (AvgIpc) is 2.60. The van der Waals surface area contributed by atoms with Gasteiger partial charge in [0.1, 0.15) is 0 Å². The van der Waals surface area contributed by atoms with Gasteiger partial charge in [-0.25, -0.2) is 0 Å². The third-order valence-corrected chi connectivity index (χ3v) is 4.56. The second-order valence-corrected chi connectivity index (χ2v) is 5.86. The predicted octanol–water partition coefficient (Wildman–Crippen LogP) is 4.39. The van der Waals surface area contributed by atoms with Gasteiger partial charge in [0.15, 0.2) is 11.5 Å². The molecule has 1 aromatic carbocycles. The van der Waals surface area contributed by atoms with Crippen molar-refractivity contribution in [3.8, 4) is 17.2 Å². The van der Waals surface area contributed by atoms with Crippen molar-refractivity contribution < 1.29 is 14.2 Å². The van der Waals surface area contributed by atoms with Gasteiger partial charge in [-0.2, -0.15) is 0 Å². The molecule has 1 unspecified atom stereocenters. The molecule has 0 N–H and O–H groups in total. The number of rotatable bonds is 4. The molecule has 0 amide bonds. The van der Waals surface area contributed by atoms with Gasteiger partial charge < -0.3 is 14.2 Å². The molecule has 0 fully saturated rings. The minimum Gasteiger partial charge on any atom is -0.493 e. The summed E-state index contributed by atoms with van der Waals surface area (Å²) in [5.74, 6) is 2.45. The number of aromatic nitrogens is 1. The van der Waals surface area contributed by atoms with Crippen LogP contribution in [0, 0.1) is 6.92 Å². The van der Waals surface area contributed by atoms with E-state index in [0.717, 1.165) is 29.4 Å². The standard InChI is InChI=1S/C19H23NO3/c1-12-14(13-8-6-5-7-9-13)10-15-16(20-12)11-17(21-2)19(23-4)18(15)22-3/h5-6,10-11,13H,7-9H2,1-4H3. The third kappa shape index (κ3) is 2.74. The van der Waals surface area contributed by atoms with Crippen LogP contribution in [0.15, 0.2) is 24.3 Å². The van der Waals surface area contributed by atoms with Gasteiger partial charge in [0.25, 0.3) is 0 Å². The summed E-state index contributed by atoms with van der Waals surface area (Å²) < 4.78 is 16.5. The molecule has 1 heterocycles. The third-order valence-electron chi connectivity index (χ3n) is 4.56. The maximum absolute atomic E-state index is 5.62. The van der Waals surface area contributed by atoms with Crippen molar-refractivity contribution in [1.82, 2.24) is 4.98 Å².